The molecular formula is C26H35NO4. The molecule has 0 unspecified atom stereocenters. The van der Waals surface area contributed by atoms with Crippen molar-refractivity contribution >= 4 is 11.9 Å². The third-order valence-electron chi connectivity index (χ3n) is 4.75. The molecule has 0 saturated heterocycles. The molecule has 0 fully saturated rings. The van der Waals surface area contributed by atoms with Crippen molar-refractivity contribution in [1.82, 2.24) is 0 Å². The summed E-state index contributed by atoms with van der Waals surface area (Å²) in [5.74, 6) is 1.66. The van der Waals surface area contributed by atoms with Crippen molar-refractivity contribution in [2.24, 2.45) is 4.99 Å². The topological polar surface area (TPSA) is 60.3 Å². The third-order valence-corrected chi connectivity index (χ3v) is 4.75. The number of ether oxygens (including phenoxy) is 3. The second kappa shape index (κ2) is 14.9. The van der Waals surface area contributed by atoms with Gasteiger partial charge in [0.15, 0.2) is 0 Å². The Hall–Kier alpha value is -2.95. The van der Waals surface area contributed by atoms with Crippen molar-refractivity contribution in [2.75, 3.05) is 19.8 Å². The van der Waals surface area contributed by atoms with E-state index in [2.05, 4.69) is 18.5 Å². The molecule has 1 N–H and O–H groups in total. The van der Waals surface area contributed by atoms with Gasteiger partial charge in [0.2, 0.25) is 0 Å². The lowest BCUT2D eigenvalue weighted by Gasteiger charge is -2.08. The molecular weight excluding hydrogens is 390 g/mol. The summed E-state index contributed by atoms with van der Waals surface area (Å²) in [6.07, 6.45) is 10.7. The van der Waals surface area contributed by atoms with Crippen LogP contribution in [-0.4, -0.2) is 31.1 Å². The van der Waals surface area contributed by atoms with Gasteiger partial charge in [-0.25, -0.2) is 0 Å². The fraction of sp³-hybridized carbons (Fsp3) is 0.423. The smallest absolute Gasteiger partial charge is 0.128 e. The molecule has 0 atom stereocenters. The van der Waals surface area contributed by atoms with Gasteiger partial charge < -0.3 is 19.3 Å². The summed E-state index contributed by atoms with van der Waals surface area (Å²) in [5.41, 5.74) is 1.45. The number of nitrogens with zero attached hydrogens (tertiary/aromatic N) is 1. The van der Waals surface area contributed by atoms with Gasteiger partial charge in [0, 0.05) is 17.8 Å². The molecule has 2 rings (SSSR count). The average molecular weight is 426 g/mol. The number of rotatable bonds is 16. The third kappa shape index (κ3) is 10.1. The summed E-state index contributed by atoms with van der Waals surface area (Å²) in [7, 11) is 0. The molecule has 0 heterocycles. The Balaban J connectivity index is 1.74. The number of hydrogen-bond donors (Lipinski definition) is 1. The lowest BCUT2D eigenvalue weighted by Crippen LogP contribution is -1.98. The first-order chi connectivity index (χ1) is 15.2. The summed E-state index contributed by atoms with van der Waals surface area (Å²) in [6.45, 7) is 7.79. The van der Waals surface area contributed by atoms with Gasteiger partial charge in [0.25, 0.3) is 0 Å². The zero-order valence-electron chi connectivity index (χ0n) is 18.6. The fourth-order valence-corrected chi connectivity index (χ4v) is 2.95. The van der Waals surface area contributed by atoms with E-state index >= 15 is 0 Å². The Kier molecular flexibility index (Phi) is 11.7. The Morgan fingerprint density at radius 1 is 0.839 bits per heavy atom. The first kappa shape index (κ1) is 24.3. The van der Waals surface area contributed by atoms with Gasteiger partial charge in [-0.3, -0.25) is 4.99 Å². The van der Waals surface area contributed by atoms with Crippen LogP contribution in [-0.2, 0) is 4.74 Å². The molecule has 5 heteroatoms. The molecule has 0 aliphatic carbocycles. The normalized spacial score (nSPS) is 10.9. The molecule has 168 valence electrons. The molecule has 0 saturated carbocycles. The quantitative estimate of drug-likeness (QED) is 0.182. The van der Waals surface area contributed by atoms with Crippen LogP contribution in [0.4, 0.5) is 5.69 Å². The molecule has 31 heavy (non-hydrogen) atoms. The summed E-state index contributed by atoms with van der Waals surface area (Å²) in [6, 6.07) is 12.9. The molecule has 0 amide bonds. The van der Waals surface area contributed by atoms with E-state index in [4.69, 9.17) is 14.2 Å². The number of phenolic OH excluding ortho intramolecular Hbond substituents is 1. The van der Waals surface area contributed by atoms with Crippen LogP contribution in [0, 0.1) is 0 Å². The van der Waals surface area contributed by atoms with E-state index in [-0.39, 0.29) is 5.75 Å². The van der Waals surface area contributed by atoms with Crippen molar-refractivity contribution in [3.8, 4) is 17.2 Å². The zero-order valence-corrected chi connectivity index (χ0v) is 18.6. The molecule has 0 aliphatic heterocycles. The van der Waals surface area contributed by atoms with Crippen LogP contribution >= 0.6 is 0 Å². The maximum atomic E-state index is 10.3. The maximum absolute atomic E-state index is 10.3. The summed E-state index contributed by atoms with van der Waals surface area (Å²) < 4.78 is 16.5. The highest BCUT2D eigenvalue weighted by atomic mass is 16.5. The molecule has 2 aromatic rings. The van der Waals surface area contributed by atoms with Crippen LogP contribution in [0.5, 0.6) is 17.2 Å². The van der Waals surface area contributed by atoms with Gasteiger partial charge in [-0.15, -0.1) is 0 Å². The van der Waals surface area contributed by atoms with E-state index in [0.29, 0.717) is 17.9 Å². The van der Waals surface area contributed by atoms with E-state index in [9.17, 15) is 5.11 Å². The zero-order chi connectivity index (χ0) is 22.2. The molecule has 0 bridgehead atoms. The van der Waals surface area contributed by atoms with E-state index in [1.807, 2.05) is 36.4 Å². The number of phenols is 1. The Morgan fingerprint density at radius 2 is 1.48 bits per heavy atom. The van der Waals surface area contributed by atoms with E-state index in [0.717, 1.165) is 56.8 Å². The van der Waals surface area contributed by atoms with E-state index < -0.39 is 0 Å². The van der Waals surface area contributed by atoms with Crippen LogP contribution in [0.15, 0.2) is 60.3 Å². The summed E-state index contributed by atoms with van der Waals surface area (Å²) in [4.78, 5) is 4.44. The van der Waals surface area contributed by atoms with Crippen molar-refractivity contribution in [1.29, 1.82) is 0 Å². The van der Waals surface area contributed by atoms with Crippen molar-refractivity contribution in [3.63, 3.8) is 0 Å². The predicted molar refractivity (Wildman–Crippen MR) is 127 cm³/mol. The highest BCUT2D eigenvalue weighted by molar-refractivity contribution is 5.85. The molecule has 2 aromatic carbocycles. The summed E-state index contributed by atoms with van der Waals surface area (Å²) >= 11 is 0. The largest absolute Gasteiger partial charge is 0.507 e. The monoisotopic (exact) mass is 425 g/mol. The van der Waals surface area contributed by atoms with Crippen molar-refractivity contribution < 1.29 is 19.3 Å². The number of benzene rings is 2. The van der Waals surface area contributed by atoms with Crippen LogP contribution < -0.4 is 9.47 Å². The minimum atomic E-state index is 0.152. The first-order valence-corrected chi connectivity index (χ1v) is 11.2. The Morgan fingerprint density at radius 3 is 2.16 bits per heavy atom. The van der Waals surface area contributed by atoms with Gasteiger partial charge in [0.1, 0.15) is 17.2 Å². The van der Waals surface area contributed by atoms with E-state index in [1.54, 1.807) is 12.3 Å². The Labute approximate surface area is 186 Å². The lowest BCUT2D eigenvalue weighted by molar-refractivity contribution is 0.239. The molecule has 5 nitrogen and oxygen atoms in total. The molecule has 0 radical (unpaired) electrons. The first-order valence-electron chi connectivity index (χ1n) is 11.2. The van der Waals surface area contributed by atoms with Crippen LogP contribution in [0.25, 0.3) is 0 Å². The molecule has 0 aromatic heterocycles. The number of unbranched alkanes of at least 4 members (excludes halogenated alkanes) is 5. The van der Waals surface area contributed by atoms with Gasteiger partial charge >= 0.3 is 0 Å². The van der Waals surface area contributed by atoms with Crippen LogP contribution in [0.2, 0.25) is 0 Å². The minimum Gasteiger partial charge on any atom is -0.507 e. The SMILES string of the molecule is C=COCCCCCCOc1ccc(C=Nc2ccc(OCCCCC)cc2)c(O)c1. The molecule has 0 aliphatic rings. The second-order valence-electron chi connectivity index (χ2n) is 7.33. The minimum absolute atomic E-state index is 0.152. The van der Waals surface area contributed by atoms with Crippen LogP contribution in [0.1, 0.15) is 57.4 Å². The van der Waals surface area contributed by atoms with Gasteiger partial charge in [-0.05, 0) is 68.5 Å². The van der Waals surface area contributed by atoms with Gasteiger partial charge in [-0.1, -0.05) is 26.3 Å². The lowest BCUT2D eigenvalue weighted by atomic mass is 10.2. The van der Waals surface area contributed by atoms with Crippen LogP contribution in [0.3, 0.4) is 0 Å². The van der Waals surface area contributed by atoms with Gasteiger partial charge in [0.05, 0.1) is 31.8 Å². The highest BCUT2D eigenvalue weighted by Gasteiger charge is 2.02. The van der Waals surface area contributed by atoms with Crippen molar-refractivity contribution in [2.45, 2.75) is 51.9 Å². The number of aromatic hydroxyl groups is 1. The second-order valence-corrected chi connectivity index (χ2v) is 7.33. The predicted octanol–water partition coefficient (Wildman–Crippen LogP) is 6.81. The summed E-state index contributed by atoms with van der Waals surface area (Å²) in [5, 5.41) is 10.3. The standard InChI is InChI=1S/C26H35NO4/c1-3-5-8-18-30-24-15-12-23(13-16-24)27-21-22-11-14-25(20-26(22)28)31-19-10-7-6-9-17-29-4-2/h4,11-16,20-21,28H,2-3,5-10,17-19H2,1H3. The van der Waals surface area contributed by atoms with E-state index in [1.165, 1.54) is 19.1 Å². The maximum Gasteiger partial charge on any atom is 0.128 e. The number of hydrogen-bond acceptors (Lipinski definition) is 5. The van der Waals surface area contributed by atoms with Gasteiger partial charge in [-0.2, -0.15) is 0 Å². The fourth-order valence-electron chi connectivity index (χ4n) is 2.95. The highest BCUT2D eigenvalue weighted by Crippen LogP contribution is 2.24. The molecule has 0 spiro atoms. The Bertz CT molecular complexity index is 786. The van der Waals surface area contributed by atoms with Crippen molar-refractivity contribution in [3.05, 3.63) is 60.9 Å². The number of aliphatic imine (C=N–C) groups is 1. The average Bonchev–Trinajstić information content (AvgIpc) is 2.79.